The fraction of sp³-hybridized carbons (Fsp3) is 0.667. The molecule has 0 aromatic carbocycles. The molecule has 8 N–H and O–H groups in total. The van der Waals surface area contributed by atoms with Crippen molar-refractivity contribution in [3.63, 3.8) is 0 Å². The van der Waals surface area contributed by atoms with E-state index in [0.717, 1.165) is 0 Å². The maximum Gasteiger partial charge on any atom is 0.320 e. The fourth-order valence-electron chi connectivity index (χ4n) is 1.29. The molecule has 0 aromatic heterocycles. The van der Waals surface area contributed by atoms with E-state index in [-0.39, 0.29) is 12.8 Å². The molecule has 4 unspecified atom stereocenters. The van der Waals surface area contributed by atoms with Gasteiger partial charge in [-0.15, -0.1) is 0 Å². The standard InChI is InChI=1S/2C6H11NO4/c2*1-3(2-4(8)9)5(7)6(10)11/h2*3,5H,2,7H2,1H3,(H,8,9)(H,10,11). The number of nitrogens with two attached hydrogens (primary N) is 2. The number of hydrogen-bond acceptors (Lipinski definition) is 6. The second-order valence-electron chi connectivity index (χ2n) is 4.88. The van der Waals surface area contributed by atoms with Gasteiger partial charge in [0, 0.05) is 12.8 Å². The van der Waals surface area contributed by atoms with Crippen molar-refractivity contribution in [1.29, 1.82) is 0 Å². The molecule has 128 valence electrons. The molecule has 22 heavy (non-hydrogen) atoms. The maximum atomic E-state index is 10.2. The van der Waals surface area contributed by atoms with Crippen molar-refractivity contribution in [3.8, 4) is 0 Å². The molecule has 0 fully saturated rings. The van der Waals surface area contributed by atoms with Gasteiger partial charge in [-0.3, -0.25) is 19.2 Å². The van der Waals surface area contributed by atoms with Gasteiger partial charge in [0.25, 0.3) is 0 Å². The number of aliphatic carboxylic acids is 4. The summed E-state index contributed by atoms with van der Waals surface area (Å²) >= 11 is 0. The smallest absolute Gasteiger partial charge is 0.320 e. The van der Waals surface area contributed by atoms with Crippen LogP contribution in [0.2, 0.25) is 0 Å². The predicted octanol–water partition coefficient (Wildman–Crippen LogP) is -0.982. The second kappa shape index (κ2) is 10.5. The lowest BCUT2D eigenvalue weighted by atomic mass is 10.00. The van der Waals surface area contributed by atoms with Crippen molar-refractivity contribution < 1.29 is 39.6 Å². The van der Waals surface area contributed by atoms with Crippen LogP contribution in [-0.2, 0) is 19.2 Å². The predicted molar refractivity (Wildman–Crippen MR) is 74.1 cm³/mol. The highest BCUT2D eigenvalue weighted by atomic mass is 16.4. The zero-order valence-electron chi connectivity index (χ0n) is 12.3. The zero-order chi connectivity index (χ0) is 18.0. The number of rotatable bonds is 8. The van der Waals surface area contributed by atoms with Gasteiger partial charge in [0.2, 0.25) is 0 Å². The Kier molecular flexibility index (Phi) is 10.6. The average molecular weight is 322 g/mol. The van der Waals surface area contributed by atoms with Gasteiger partial charge in [-0.25, -0.2) is 0 Å². The highest BCUT2D eigenvalue weighted by Gasteiger charge is 2.22. The van der Waals surface area contributed by atoms with E-state index < -0.39 is 47.8 Å². The molecule has 10 nitrogen and oxygen atoms in total. The monoisotopic (exact) mass is 322 g/mol. The number of carboxylic acids is 4. The summed E-state index contributed by atoms with van der Waals surface area (Å²) in [6.07, 6.45) is -0.430. The molecule has 0 aliphatic rings. The zero-order valence-corrected chi connectivity index (χ0v) is 12.3. The van der Waals surface area contributed by atoms with Crippen LogP contribution in [0.15, 0.2) is 0 Å². The summed E-state index contributed by atoms with van der Waals surface area (Å²) in [4.78, 5) is 40.6. The quantitative estimate of drug-likeness (QED) is 0.322. The van der Waals surface area contributed by atoms with E-state index in [0.29, 0.717) is 0 Å². The highest BCUT2D eigenvalue weighted by Crippen LogP contribution is 2.06. The molecule has 0 amide bonds. The molecule has 0 aliphatic heterocycles. The van der Waals surface area contributed by atoms with E-state index in [4.69, 9.17) is 31.9 Å². The van der Waals surface area contributed by atoms with Gasteiger partial charge < -0.3 is 31.9 Å². The molecule has 0 heterocycles. The third-order valence-electron chi connectivity index (χ3n) is 2.79. The minimum Gasteiger partial charge on any atom is -0.481 e. The van der Waals surface area contributed by atoms with Crippen LogP contribution in [0.5, 0.6) is 0 Å². The van der Waals surface area contributed by atoms with Gasteiger partial charge >= 0.3 is 23.9 Å². The van der Waals surface area contributed by atoms with E-state index in [1.54, 1.807) is 0 Å². The Labute approximate surface area is 126 Å². The summed E-state index contributed by atoms with van der Waals surface area (Å²) in [6, 6.07) is -2.18. The summed E-state index contributed by atoms with van der Waals surface area (Å²) in [6.45, 7) is 2.99. The fourth-order valence-corrected chi connectivity index (χ4v) is 1.29. The van der Waals surface area contributed by atoms with Crippen LogP contribution in [0.4, 0.5) is 0 Å². The van der Waals surface area contributed by atoms with Crippen LogP contribution in [0, 0.1) is 11.8 Å². The number of carbonyl (C=O) groups is 4. The molecule has 0 rings (SSSR count). The van der Waals surface area contributed by atoms with Crippen LogP contribution in [0.3, 0.4) is 0 Å². The van der Waals surface area contributed by atoms with E-state index >= 15 is 0 Å². The van der Waals surface area contributed by atoms with Crippen LogP contribution in [0.25, 0.3) is 0 Å². The third kappa shape index (κ3) is 10.6. The summed E-state index contributed by atoms with van der Waals surface area (Å²) in [5.74, 6) is -5.48. The SMILES string of the molecule is CC(CC(=O)O)C(N)C(=O)O.CC(CC(=O)O)C(N)C(=O)O. The first-order valence-corrected chi connectivity index (χ1v) is 6.30. The molecular formula is C12H22N2O8. The molecule has 0 radical (unpaired) electrons. The topological polar surface area (TPSA) is 201 Å². The first kappa shape index (κ1) is 22.1. The van der Waals surface area contributed by atoms with Crippen molar-refractivity contribution >= 4 is 23.9 Å². The van der Waals surface area contributed by atoms with E-state index in [2.05, 4.69) is 0 Å². The van der Waals surface area contributed by atoms with E-state index in [1.807, 2.05) is 0 Å². The lowest BCUT2D eigenvalue weighted by Crippen LogP contribution is -2.37. The molecule has 0 aromatic rings. The van der Waals surface area contributed by atoms with Gasteiger partial charge in [0.15, 0.2) is 0 Å². The van der Waals surface area contributed by atoms with Crippen molar-refractivity contribution in [2.45, 2.75) is 38.8 Å². The third-order valence-corrected chi connectivity index (χ3v) is 2.79. The molecule has 0 aliphatic carbocycles. The van der Waals surface area contributed by atoms with Gasteiger partial charge in [-0.1, -0.05) is 13.8 Å². The van der Waals surface area contributed by atoms with Crippen LogP contribution < -0.4 is 11.5 Å². The van der Waals surface area contributed by atoms with E-state index in [1.165, 1.54) is 13.8 Å². The Bertz CT molecular complexity index is 374. The largest absolute Gasteiger partial charge is 0.481 e. The van der Waals surface area contributed by atoms with Crippen molar-refractivity contribution in [2.24, 2.45) is 23.3 Å². The number of carboxylic acid groups (broad SMARTS) is 4. The Hall–Kier alpha value is -2.20. The highest BCUT2D eigenvalue weighted by molar-refractivity contribution is 5.75. The molecule has 4 atom stereocenters. The van der Waals surface area contributed by atoms with Crippen molar-refractivity contribution in [2.75, 3.05) is 0 Å². The van der Waals surface area contributed by atoms with Crippen LogP contribution >= 0.6 is 0 Å². The van der Waals surface area contributed by atoms with Crippen LogP contribution in [-0.4, -0.2) is 56.4 Å². The van der Waals surface area contributed by atoms with Gasteiger partial charge in [0.05, 0.1) is 0 Å². The molecule has 10 heteroatoms. The van der Waals surface area contributed by atoms with Crippen molar-refractivity contribution in [3.05, 3.63) is 0 Å². The first-order valence-electron chi connectivity index (χ1n) is 6.30. The summed E-state index contributed by atoms with van der Waals surface area (Å²) < 4.78 is 0. The Morgan fingerprint density at radius 1 is 0.727 bits per heavy atom. The maximum absolute atomic E-state index is 10.2. The Morgan fingerprint density at radius 3 is 1.09 bits per heavy atom. The summed E-state index contributed by atoms with van der Waals surface area (Å²) in [7, 11) is 0. The van der Waals surface area contributed by atoms with Gasteiger partial charge in [0.1, 0.15) is 12.1 Å². The summed E-state index contributed by atoms with van der Waals surface area (Å²) in [5.41, 5.74) is 10.3. The van der Waals surface area contributed by atoms with Gasteiger partial charge in [-0.2, -0.15) is 0 Å². The first-order chi connectivity index (χ1) is 9.89. The molecule has 0 spiro atoms. The normalized spacial score (nSPS) is 15.5. The Morgan fingerprint density at radius 2 is 0.955 bits per heavy atom. The van der Waals surface area contributed by atoms with Crippen molar-refractivity contribution in [1.82, 2.24) is 0 Å². The van der Waals surface area contributed by atoms with Crippen LogP contribution in [0.1, 0.15) is 26.7 Å². The van der Waals surface area contributed by atoms with E-state index in [9.17, 15) is 19.2 Å². The average Bonchev–Trinajstić information content (AvgIpc) is 2.35. The molecular weight excluding hydrogens is 300 g/mol. The minimum atomic E-state index is -1.17. The minimum absolute atomic E-state index is 0.215. The molecule has 0 saturated carbocycles. The van der Waals surface area contributed by atoms with Gasteiger partial charge in [-0.05, 0) is 11.8 Å². The second-order valence-corrected chi connectivity index (χ2v) is 4.88. The Balaban J connectivity index is 0. The lowest BCUT2D eigenvalue weighted by Gasteiger charge is -2.12. The lowest BCUT2D eigenvalue weighted by molar-refractivity contribution is -0.143. The molecule has 0 saturated heterocycles. The summed E-state index contributed by atoms with van der Waals surface area (Å²) in [5, 5.41) is 33.2. The molecule has 0 bridgehead atoms. The number of hydrogen-bond donors (Lipinski definition) is 6.